The first kappa shape index (κ1) is 16.7. The van der Waals surface area contributed by atoms with Gasteiger partial charge in [0.1, 0.15) is 5.69 Å². The van der Waals surface area contributed by atoms with Crippen LogP contribution in [0.25, 0.3) is 10.2 Å². The number of hydrogen-bond donors (Lipinski definition) is 1. The lowest BCUT2D eigenvalue weighted by Crippen LogP contribution is -2.35. The van der Waals surface area contributed by atoms with E-state index < -0.39 is 0 Å². The molecule has 0 spiro atoms. The Hall–Kier alpha value is -2.74. The minimum Gasteiger partial charge on any atom is -0.368 e. The minimum atomic E-state index is -0.0895. The second kappa shape index (κ2) is 6.87. The summed E-state index contributed by atoms with van der Waals surface area (Å²) in [7, 11) is 0. The summed E-state index contributed by atoms with van der Waals surface area (Å²) < 4.78 is 1.19. The number of rotatable bonds is 2. The summed E-state index contributed by atoms with van der Waals surface area (Å²) in [5.41, 5.74) is 7.77. The monoisotopic (exact) mass is 368 g/mol. The van der Waals surface area contributed by atoms with Gasteiger partial charge < -0.3 is 15.5 Å². The first-order valence-corrected chi connectivity index (χ1v) is 9.43. The molecule has 2 aromatic heterocycles. The van der Waals surface area contributed by atoms with Gasteiger partial charge in [0, 0.05) is 31.9 Å². The number of benzene rings is 1. The number of fused-ring (bicyclic) bond motifs is 1. The second-order valence-electron chi connectivity index (χ2n) is 6.35. The fourth-order valence-electron chi connectivity index (χ4n) is 3.17. The van der Waals surface area contributed by atoms with E-state index in [9.17, 15) is 4.79 Å². The smallest absolute Gasteiger partial charge is 0.272 e. The highest BCUT2D eigenvalue weighted by Gasteiger charge is 2.23. The van der Waals surface area contributed by atoms with Gasteiger partial charge in [-0.25, -0.2) is 15.0 Å². The number of carbonyl (C=O) groups excluding carboxylic acids is 1. The van der Waals surface area contributed by atoms with Crippen molar-refractivity contribution in [2.24, 2.45) is 0 Å². The fraction of sp³-hybridized carbons (Fsp3) is 0.333. The SMILES string of the molecule is Cc1cc(C(=O)N2CCCN(c3nc4ccccc4s3)CC2)nc(N)n1. The Balaban J connectivity index is 1.50. The van der Waals surface area contributed by atoms with Crippen molar-refractivity contribution in [3.63, 3.8) is 0 Å². The van der Waals surface area contributed by atoms with E-state index in [1.54, 1.807) is 17.4 Å². The third kappa shape index (κ3) is 3.32. The first-order chi connectivity index (χ1) is 12.6. The number of nitrogen functional groups attached to an aromatic ring is 1. The number of aromatic nitrogens is 3. The van der Waals surface area contributed by atoms with Gasteiger partial charge in [-0.2, -0.15) is 0 Å². The largest absolute Gasteiger partial charge is 0.368 e. The van der Waals surface area contributed by atoms with Gasteiger partial charge in [0.05, 0.1) is 10.2 Å². The molecular formula is C18H20N6OS. The predicted octanol–water partition coefficient (Wildman–Crippen LogP) is 2.33. The Morgan fingerprint density at radius 3 is 2.77 bits per heavy atom. The quantitative estimate of drug-likeness (QED) is 0.747. The van der Waals surface area contributed by atoms with Crippen LogP contribution in [0.2, 0.25) is 0 Å². The Labute approximate surface area is 155 Å². The summed E-state index contributed by atoms with van der Waals surface area (Å²) in [6.45, 7) is 4.78. The molecule has 134 valence electrons. The first-order valence-electron chi connectivity index (χ1n) is 8.61. The van der Waals surface area contributed by atoms with E-state index in [-0.39, 0.29) is 11.9 Å². The zero-order chi connectivity index (χ0) is 18.1. The molecule has 3 aromatic rings. The summed E-state index contributed by atoms with van der Waals surface area (Å²) in [6, 6.07) is 9.85. The van der Waals surface area contributed by atoms with Crippen LogP contribution in [0.5, 0.6) is 0 Å². The van der Waals surface area contributed by atoms with E-state index in [1.165, 1.54) is 4.70 Å². The van der Waals surface area contributed by atoms with Gasteiger partial charge in [-0.05, 0) is 31.5 Å². The number of aryl methyl sites for hydroxylation is 1. The Morgan fingerprint density at radius 1 is 1.12 bits per heavy atom. The molecule has 2 N–H and O–H groups in total. The molecule has 1 aliphatic heterocycles. The van der Waals surface area contributed by atoms with E-state index in [0.29, 0.717) is 24.5 Å². The summed E-state index contributed by atoms with van der Waals surface area (Å²) in [4.78, 5) is 29.8. The number of para-hydroxylation sites is 1. The topological polar surface area (TPSA) is 88.2 Å². The lowest BCUT2D eigenvalue weighted by molar-refractivity contribution is 0.0761. The van der Waals surface area contributed by atoms with Crippen LogP contribution in [0.4, 0.5) is 11.1 Å². The molecule has 26 heavy (non-hydrogen) atoms. The highest BCUT2D eigenvalue weighted by molar-refractivity contribution is 7.22. The Morgan fingerprint density at radius 2 is 1.96 bits per heavy atom. The van der Waals surface area contributed by atoms with Gasteiger partial charge in [0.25, 0.3) is 5.91 Å². The molecule has 4 rings (SSSR count). The molecule has 1 fully saturated rings. The Bertz CT molecular complexity index is 903. The van der Waals surface area contributed by atoms with Crippen LogP contribution in [-0.2, 0) is 0 Å². The molecule has 0 atom stereocenters. The molecule has 0 saturated carbocycles. The molecule has 0 bridgehead atoms. The number of carbonyl (C=O) groups is 1. The number of anilines is 2. The lowest BCUT2D eigenvalue weighted by atomic mass is 10.3. The van der Waals surface area contributed by atoms with Crippen molar-refractivity contribution in [3.05, 3.63) is 41.7 Å². The molecule has 1 amide bonds. The fourth-order valence-corrected chi connectivity index (χ4v) is 4.19. The molecule has 1 saturated heterocycles. The maximum atomic E-state index is 12.8. The number of nitrogens with zero attached hydrogens (tertiary/aromatic N) is 5. The standard InChI is InChI=1S/C18H20N6OS/c1-12-11-14(21-17(19)20-12)16(25)23-7-4-8-24(10-9-23)18-22-13-5-2-3-6-15(13)26-18/h2-3,5-6,11H,4,7-10H2,1H3,(H2,19,20,21). The van der Waals surface area contributed by atoms with Crippen LogP contribution in [0, 0.1) is 6.92 Å². The summed E-state index contributed by atoms with van der Waals surface area (Å²) >= 11 is 1.70. The van der Waals surface area contributed by atoms with Crippen LogP contribution in [0.1, 0.15) is 22.6 Å². The molecule has 8 heteroatoms. The van der Waals surface area contributed by atoms with Gasteiger partial charge >= 0.3 is 0 Å². The average Bonchev–Trinajstić information content (AvgIpc) is 2.90. The minimum absolute atomic E-state index is 0.0895. The number of hydrogen-bond acceptors (Lipinski definition) is 7. The molecule has 0 aliphatic carbocycles. The second-order valence-corrected chi connectivity index (χ2v) is 7.36. The van der Waals surface area contributed by atoms with E-state index in [2.05, 4.69) is 20.9 Å². The van der Waals surface area contributed by atoms with Gasteiger partial charge in [-0.1, -0.05) is 23.5 Å². The van der Waals surface area contributed by atoms with Crippen LogP contribution < -0.4 is 10.6 Å². The molecule has 3 heterocycles. The van der Waals surface area contributed by atoms with E-state index in [4.69, 9.17) is 10.7 Å². The zero-order valence-electron chi connectivity index (χ0n) is 14.6. The van der Waals surface area contributed by atoms with Crippen LogP contribution >= 0.6 is 11.3 Å². The summed E-state index contributed by atoms with van der Waals surface area (Å²) in [6.07, 6.45) is 0.890. The molecule has 1 aromatic carbocycles. The van der Waals surface area contributed by atoms with Crippen molar-refractivity contribution in [1.29, 1.82) is 0 Å². The normalized spacial score (nSPS) is 15.3. The van der Waals surface area contributed by atoms with Gasteiger partial charge in [-0.3, -0.25) is 4.79 Å². The maximum absolute atomic E-state index is 12.8. The van der Waals surface area contributed by atoms with Crippen molar-refractivity contribution in [3.8, 4) is 0 Å². The van der Waals surface area contributed by atoms with E-state index in [1.807, 2.05) is 30.0 Å². The number of thiazole rings is 1. The zero-order valence-corrected chi connectivity index (χ0v) is 15.4. The van der Waals surface area contributed by atoms with Crippen LogP contribution in [0.15, 0.2) is 30.3 Å². The Kier molecular flexibility index (Phi) is 4.42. The van der Waals surface area contributed by atoms with Crippen molar-refractivity contribution < 1.29 is 4.79 Å². The number of nitrogens with two attached hydrogens (primary N) is 1. The summed E-state index contributed by atoms with van der Waals surface area (Å²) in [5, 5.41) is 1.02. The van der Waals surface area contributed by atoms with E-state index >= 15 is 0 Å². The number of amides is 1. The van der Waals surface area contributed by atoms with Crippen molar-refractivity contribution >= 4 is 38.5 Å². The molecule has 7 nitrogen and oxygen atoms in total. The highest BCUT2D eigenvalue weighted by Crippen LogP contribution is 2.29. The maximum Gasteiger partial charge on any atom is 0.272 e. The molecular weight excluding hydrogens is 348 g/mol. The summed E-state index contributed by atoms with van der Waals surface area (Å²) in [5.74, 6) is 0.0487. The van der Waals surface area contributed by atoms with Crippen molar-refractivity contribution in [2.75, 3.05) is 36.8 Å². The molecule has 0 radical (unpaired) electrons. The van der Waals surface area contributed by atoms with Crippen LogP contribution in [0.3, 0.4) is 0 Å². The van der Waals surface area contributed by atoms with E-state index in [0.717, 1.165) is 30.2 Å². The highest BCUT2D eigenvalue weighted by atomic mass is 32.1. The van der Waals surface area contributed by atoms with Crippen molar-refractivity contribution in [1.82, 2.24) is 19.9 Å². The van der Waals surface area contributed by atoms with Crippen molar-refractivity contribution in [2.45, 2.75) is 13.3 Å². The molecule has 0 unspecified atom stereocenters. The average molecular weight is 368 g/mol. The molecule has 1 aliphatic rings. The van der Waals surface area contributed by atoms with Gasteiger partial charge in [0.15, 0.2) is 5.13 Å². The van der Waals surface area contributed by atoms with Gasteiger partial charge in [-0.15, -0.1) is 0 Å². The van der Waals surface area contributed by atoms with Crippen LogP contribution in [-0.4, -0.2) is 51.9 Å². The lowest BCUT2D eigenvalue weighted by Gasteiger charge is -2.21. The third-order valence-electron chi connectivity index (χ3n) is 4.43. The predicted molar refractivity (Wildman–Crippen MR) is 104 cm³/mol. The third-order valence-corrected chi connectivity index (χ3v) is 5.52. The van der Waals surface area contributed by atoms with Gasteiger partial charge in [0.2, 0.25) is 5.95 Å².